The number of nitrogens with zero attached hydrogens (tertiary/aromatic N) is 2. The van der Waals surface area contributed by atoms with E-state index in [9.17, 15) is 9.59 Å². The Morgan fingerprint density at radius 2 is 1.89 bits per heavy atom. The van der Waals surface area contributed by atoms with E-state index in [1.807, 2.05) is 4.90 Å². The van der Waals surface area contributed by atoms with Crippen LogP contribution in [0.4, 0.5) is 0 Å². The molecule has 6 heteroatoms. The second kappa shape index (κ2) is 6.15. The molecule has 18 heavy (non-hydrogen) atoms. The van der Waals surface area contributed by atoms with Crippen LogP contribution in [-0.4, -0.2) is 74.5 Å². The van der Waals surface area contributed by atoms with Crippen LogP contribution in [0.5, 0.6) is 0 Å². The minimum Gasteiger partial charge on any atom is -0.358 e. The summed E-state index contributed by atoms with van der Waals surface area (Å²) < 4.78 is 0. The average Bonchev–Trinajstić information content (AvgIpc) is 2.34. The molecular formula is C12H22N4O2. The molecule has 0 aromatic carbocycles. The third kappa shape index (κ3) is 3.43. The van der Waals surface area contributed by atoms with Crippen molar-refractivity contribution in [2.24, 2.45) is 5.92 Å². The van der Waals surface area contributed by atoms with Gasteiger partial charge in [-0.15, -0.1) is 0 Å². The van der Waals surface area contributed by atoms with E-state index in [2.05, 4.69) is 15.5 Å². The molecule has 0 atom stereocenters. The van der Waals surface area contributed by atoms with Crippen molar-refractivity contribution in [2.45, 2.75) is 6.42 Å². The summed E-state index contributed by atoms with van der Waals surface area (Å²) in [5, 5.41) is 5.80. The molecule has 0 unspecified atom stereocenters. The molecule has 0 radical (unpaired) electrons. The predicted octanol–water partition coefficient (Wildman–Crippen LogP) is -1.51. The Labute approximate surface area is 108 Å². The van der Waals surface area contributed by atoms with Gasteiger partial charge in [-0.25, -0.2) is 0 Å². The summed E-state index contributed by atoms with van der Waals surface area (Å²) in [4.78, 5) is 27.3. The van der Waals surface area contributed by atoms with Crippen molar-refractivity contribution in [2.75, 3.05) is 52.9 Å². The number of hydrogen-bond acceptors (Lipinski definition) is 4. The lowest BCUT2D eigenvalue weighted by molar-refractivity contribution is -0.134. The van der Waals surface area contributed by atoms with Crippen LogP contribution in [0.1, 0.15) is 6.42 Å². The Kier molecular flexibility index (Phi) is 4.54. The summed E-state index contributed by atoms with van der Waals surface area (Å²) in [7, 11) is 1.65. The topological polar surface area (TPSA) is 64.7 Å². The van der Waals surface area contributed by atoms with E-state index < -0.39 is 0 Å². The van der Waals surface area contributed by atoms with E-state index >= 15 is 0 Å². The van der Waals surface area contributed by atoms with Gasteiger partial charge in [0.1, 0.15) is 0 Å². The SMILES string of the molecule is CNC(=O)CN1CCN(C(=O)CC2CNC2)CC1. The van der Waals surface area contributed by atoms with Gasteiger partial charge < -0.3 is 15.5 Å². The summed E-state index contributed by atoms with van der Waals surface area (Å²) in [5.74, 6) is 0.831. The highest BCUT2D eigenvalue weighted by molar-refractivity contribution is 5.78. The second-order valence-corrected chi connectivity index (χ2v) is 5.06. The quantitative estimate of drug-likeness (QED) is 0.640. The lowest BCUT2D eigenvalue weighted by Gasteiger charge is -2.36. The first-order chi connectivity index (χ1) is 8.69. The molecule has 0 aromatic rings. The molecule has 2 aliphatic rings. The van der Waals surface area contributed by atoms with Crippen LogP contribution in [0.25, 0.3) is 0 Å². The Morgan fingerprint density at radius 3 is 2.39 bits per heavy atom. The highest BCUT2D eigenvalue weighted by atomic mass is 16.2. The first kappa shape index (κ1) is 13.3. The van der Waals surface area contributed by atoms with Gasteiger partial charge in [0.05, 0.1) is 6.54 Å². The van der Waals surface area contributed by atoms with Crippen LogP contribution in [0.3, 0.4) is 0 Å². The lowest BCUT2D eigenvalue weighted by atomic mass is 9.98. The number of rotatable bonds is 4. The number of amides is 2. The third-order valence-electron chi connectivity index (χ3n) is 3.70. The monoisotopic (exact) mass is 254 g/mol. The molecule has 2 heterocycles. The van der Waals surface area contributed by atoms with Gasteiger partial charge in [-0.3, -0.25) is 14.5 Å². The molecule has 0 aromatic heterocycles. The first-order valence-electron chi connectivity index (χ1n) is 6.60. The van der Waals surface area contributed by atoms with Gasteiger partial charge in [-0.05, 0) is 19.0 Å². The lowest BCUT2D eigenvalue weighted by Crippen LogP contribution is -2.52. The summed E-state index contributed by atoms with van der Waals surface area (Å²) in [6.45, 7) is 5.46. The zero-order chi connectivity index (χ0) is 13.0. The highest BCUT2D eigenvalue weighted by Gasteiger charge is 2.26. The Balaban J connectivity index is 1.68. The average molecular weight is 254 g/mol. The standard InChI is InChI=1S/C12H22N4O2/c1-13-11(17)9-15-2-4-16(5-3-15)12(18)6-10-7-14-8-10/h10,14H,2-9H2,1H3,(H,13,17). The molecule has 2 N–H and O–H groups in total. The fraction of sp³-hybridized carbons (Fsp3) is 0.833. The summed E-state index contributed by atoms with van der Waals surface area (Å²) in [6.07, 6.45) is 0.669. The number of nitrogens with one attached hydrogen (secondary N) is 2. The van der Waals surface area contributed by atoms with Crippen molar-refractivity contribution in [3.05, 3.63) is 0 Å². The summed E-state index contributed by atoms with van der Waals surface area (Å²) in [6, 6.07) is 0. The Hall–Kier alpha value is -1.14. The summed E-state index contributed by atoms with van der Waals surface area (Å²) >= 11 is 0. The molecule has 0 saturated carbocycles. The zero-order valence-electron chi connectivity index (χ0n) is 10.9. The molecule has 2 rings (SSSR count). The first-order valence-corrected chi connectivity index (χ1v) is 6.60. The van der Waals surface area contributed by atoms with Gasteiger partial charge in [0, 0.05) is 39.6 Å². The molecule has 0 aliphatic carbocycles. The third-order valence-corrected chi connectivity index (χ3v) is 3.70. The minimum atomic E-state index is 0.0373. The number of likely N-dealkylation sites (N-methyl/N-ethyl adjacent to an activating group) is 1. The van der Waals surface area contributed by atoms with Gasteiger partial charge in [-0.1, -0.05) is 0 Å². The van der Waals surface area contributed by atoms with Crippen LogP contribution >= 0.6 is 0 Å². The van der Waals surface area contributed by atoms with Crippen molar-refractivity contribution in [1.82, 2.24) is 20.4 Å². The number of carbonyl (C=O) groups excluding carboxylic acids is 2. The van der Waals surface area contributed by atoms with Gasteiger partial charge >= 0.3 is 0 Å². The van der Waals surface area contributed by atoms with E-state index in [0.29, 0.717) is 18.9 Å². The Morgan fingerprint density at radius 1 is 1.22 bits per heavy atom. The summed E-state index contributed by atoms with van der Waals surface area (Å²) in [5.41, 5.74) is 0. The maximum Gasteiger partial charge on any atom is 0.233 e. The largest absolute Gasteiger partial charge is 0.358 e. The molecule has 2 amide bonds. The normalized spacial score (nSPS) is 21.5. The molecule has 0 spiro atoms. The van der Waals surface area contributed by atoms with Crippen LogP contribution in [-0.2, 0) is 9.59 Å². The van der Waals surface area contributed by atoms with Gasteiger partial charge in [-0.2, -0.15) is 0 Å². The van der Waals surface area contributed by atoms with Gasteiger partial charge in [0.25, 0.3) is 0 Å². The highest BCUT2D eigenvalue weighted by Crippen LogP contribution is 2.12. The van der Waals surface area contributed by atoms with Gasteiger partial charge in [0.15, 0.2) is 0 Å². The van der Waals surface area contributed by atoms with Crippen molar-refractivity contribution in [3.63, 3.8) is 0 Å². The molecular weight excluding hydrogens is 232 g/mol. The van der Waals surface area contributed by atoms with Crippen LogP contribution < -0.4 is 10.6 Å². The van der Waals surface area contributed by atoms with Crippen LogP contribution in [0, 0.1) is 5.92 Å². The van der Waals surface area contributed by atoms with E-state index in [1.165, 1.54) is 0 Å². The minimum absolute atomic E-state index is 0.0373. The molecule has 0 bridgehead atoms. The van der Waals surface area contributed by atoms with E-state index in [-0.39, 0.29) is 11.8 Å². The van der Waals surface area contributed by atoms with Crippen molar-refractivity contribution >= 4 is 11.8 Å². The van der Waals surface area contributed by atoms with Crippen LogP contribution in [0.15, 0.2) is 0 Å². The fourth-order valence-electron chi connectivity index (χ4n) is 2.31. The maximum absolute atomic E-state index is 12.0. The van der Waals surface area contributed by atoms with E-state index in [0.717, 1.165) is 39.3 Å². The Bertz CT molecular complexity index is 309. The predicted molar refractivity (Wildman–Crippen MR) is 68.1 cm³/mol. The van der Waals surface area contributed by atoms with Crippen molar-refractivity contribution in [1.29, 1.82) is 0 Å². The zero-order valence-corrected chi connectivity index (χ0v) is 10.9. The number of piperazine rings is 1. The number of carbonyl (C=O) groups is 2. The second-order valence-electron chi connectivity index (χ2n) is 5.06. The fourth-order valence-corrected chi connectivity index (χ4v) is 2.31. The van der Waals surface area contributed by atoms with Gasteiger partial charge in [0.2, 0.25) is 11.8 Å². The molecule has 2 fully saturated rings. The van der Waals surface area contributed by atoms with E-state index in [1.54, 1.807) is 7.05 Å². The molecule has 6 nitrogen and oxygen atoms in total. The smallest absolute Gasteiger partial charge is 0.233 e. The molecule has 2 saturated heterocycles. The number of hydrogen-bond donors (Lipinski definition) is 2. The maximum atomic E-state index is 12.0. The molecule has 102 valence electrons. The van der Waals surface area contributed by atoms with E-state index in [4.69, 9.17) is 0 Å². The van der Waals surface area contributed by atoms with Crippen LogP contribution in [0.2, 0.25) is 0 Å². The van der Waals surface area contributed by atoms with Crippen molar-refractivity contribution < 1.29 is 9.59 Å². The van der Waals surface area contributed by atoms with Crippen molar-refractivity contribution in [3.8, 4) is 0 Å². The molecule has 2 aliphatic heterocycles.